The first-order valence-electron chi connectivity index (χ1n) is 6.06. The minimum atomic E-state index is -0.667. The first-order valence-corrected chi connectivity index (χ1v) is 6.06. The van der Waals surface area contributed by atoms with E-state index in [1.807, 2.05) is 0 Å². The molecule has 0 N–H and O–H groups in total. The first kappa shape index (κ1) is 15.2. The molecule has 9 nitrogen and oxygen atoms in total. The quantitative estimate of drug-likeness (QED) is 0.594. The molecule has 22 heavy (non-hydrogen) atoms. The molecule has 0 fully saturated rings. The number of benzene rings is 1. The second kappa shape index (κ2) is 6.48. The fourth-order valence-electron chi connectivity index (χ4n) is 1.78. The topological polar surface area (TPSA) is 118 Å². The van der Waals surface area contributed by atoms with Crippen LogP contribution in [0.15, 0.2) is 36.5 Å². The molecule has 1 aromatic carbocycles. The Morgan fingerprint density at radius 2 is 1.91 bits per heavy atom. The van der Waals surface area contributed by atoms with Crippen LogP contribution in [0, 0.1) is 20.2 Å². The molecule has 0 aliphatic carbocycles. The van der Waals surface area contributed by atoms with E-state index in [0.717, 1.165) is 0 Å². The lowest BCUT2D eigenvalue weighted by atomic mass is 10.2. The lowest BCUT2D eigenvalue weighted by Crippen LogP contribution is -2.03. The first-order chi connectivity index (χ1) is 10.5. The molecule has 0 bridgehead atoms. The van der Waals surface area contributed by atoms with Crippen molar-refractivity contribution in [1.29, 1.82) is 0 Å². The molecular weight excluding hydrogens is 294 g/mol. The Hall–Kier alpha value is -3.23. The average Bonchev–Trinajstić information content (AvgIpc) is 2.52. The summed E-state index contributed by atoms with van der Waals surface area (Å²) in [6.45, 7) is -0.128. The molecule has 9 heteroatoms. The van der Waals surface area contributed by atoms with Crippen molar-refractivity contribution in [1.82, 2.24) is 4.98 Å². The van der Waals surface area contributed by atoms with Gasteiger partial charge in [-0.3, -0.25) is 10.1 Å². The van der Waals surface area contributed by atoms with Gasteiger partial charge in [-0.15, -0.1) is 0 Å². The van der Waals surface area contributed by atoms with Crippen molar-refractivity contribution in [3.8, 4) is 11.5 Å². The summed E-state index contributed by atoms with van der Waals surface area (Å²) in [6.07, 6.45) is 1.28. The Balaban J connectivity index is 2.26. The van der Waals surface area contributed by atoms with Crippen molar-refractivity contribution >= 4 is 11.5 Å². The van der Waals surface area contributed by atoms with E-state index in [9.17, 15) is 20.2 Å². The number of hydrogen-bond acceptors (Lipinski definition) is 7. The van der Waals surface area contributed by atoms with Crippen molar-refractivity contribution in [2.75, 3.05) is 7.11 Å². The Labute approximate surface area is 124 Å². The van der Waals surface area contributed by atoms with Crippen LogP contribution in [0.2, 0.25) is 0 Å². The minimum Gasteiger partial charge on any atom is -0.496 e. The second-order valence-electron chi connectivity index (χ2n) is 4.12. The molecule has 0 aliphatic heterocycles. The van der Waals surface area contributed by atoms with Crippen LogP contribution >= 0.6 is 0 Å². The minimum absolute atomic E-state index is 0.0268. The van der Waals surface area contributed by atoms with Gasteiger partial charge in [-0.25, -0.2) is 0 Å². The number of rotatable bonds is 6. The summed E-state index contributed by atoms with van der Waals surface area (Å²) in [5, 5.41) is 21.6. The highest BCUT2D eigenvalue weighted by Gasteiger charge is 2.17. The van der Waals surface area contributed by atoms with Gasteiger partial charge in [0.15, 0.2) is 0 Å². The van der Waals surface area contributed by atoms with Gasteiger partial charge >= 0.3 is 5.82 Å². The van der Waals surface area contributed by atoms with Gasteiger partial charge < -0.3 is 19.6 Å². The standard InChI is InChI=1S/C13H11N3O6/c1-21-11-5-4-10(15(17)18)7-9(11)8-22-12-3-2-6-14-13(12)16(19)20/h2-7H,8H2,1H3. The predicted octanol–water partition coefficient (Wildman–Crippen LogP) is 2.49. The Kier molecular flexibility index (Phi) is 4.47. The van der Waals surface area contributed by atoms with Crippen LogP contribution < -0.4 is 9.47 Å². The molecule has 1 heterocycles. The Morgan fingerprint density at radius 3 is 2.55 bits per heavy atom. The van der Waals surface area contributed by atoms with Crippen LogP contribution in [0.3, 0.4) is 0 Å². The van der Waals surface area contributed by atoms with E-state index in [1.165, 1.54) is 43.6 Å². The summed E-state index contributed by atoms with van der Waals surface area (Å²) < 4.78 is 10.4. The highest BCUT2D eigenvalue weighted by atomic mass is 16.6. The lowest BCUT2D eigenvalue weighted by molar-refractivity contribution is -0.390. The molecule has 1 aromatic heterocycles. The molecule has 0 unspecified atom stereocenters. The van der Waals surface area contributed by atoms with Gasteiger partial charge in [0, 0.05) is 17.7 Å². The Morgan fingerprint density at radius 1 is 1.14 bits per heavy atom. The summed E-state index contributed by atoms with van der Waals surface area (Å²) in [5.74, 6) is -0.0647. The average molecular weight is 305 g/mol. The van der Waals surface area contributed by atoms with E-state index in [2.05, 4.69) is 4.98 Å². The number of non-ortho nitro benzene ring substituents is 1. The Bertz CT molecular complexity index is 719. The lowest BCUT2D eigenvalue weighted by Gasteiger charge is -2.10. The number of pyridine rings is 1. The van der Waals surface area contributed by atoms with E-state index in [4.69, 9.17) is 9.47 Å². The van der Waals surface area contributed by atoms with Gasteiger partial charge in [0.25, 0.3) is 5.69 Å². The van der Waals surface area contributed by atoms with Crippen LogP contribution in [0.5, 0.6) is 11.5 Å². The maximum atomic E-state index is 10.8. The third-order valence-corrected chi connectivity index (χ3v) is 2.78. The number of hydrogen-bond donors (Lipinski definition) is 0. The zero-order valence-electron chi connectivity index (χ0n) is 11.5. The third kappa shape index (κ3) is 3.26. The number of nitro benzene ring substituents is 1. The second-order valence-corrected chi connectivity index (χ2v) is 4.12. The molecule has 0 aliphatic rings. The molecule has 0 saturated carbocycles. The van der Waals surface area contributed by atoms with Gasteiger partial charge in [-0.1, -0.05) is 0 Å². The summed E-state index contributed by atoms with van der Waals surface area (Å²) in [6, 6.07) is 6.92. The SMILES string of the molecule is COc1ccc([N+](=O)[O-])cc1COc1cccnc1[N+](=O)[O-]. The van der Waals surface area contributed by atoms with Crippen molar-refractivity contribution in [2.45, 2.75) is 6.61 Å². The summed E-state index contributed by atoms with van der Waals surface area (Å²) in [5.41, 5.74) is 0.273. The molecule has 0 atom stereocenters. The van der Waals surface area contributed by atoms with E-state index < -0.39 is 15.7 Å². The van der Waals surface area contributed by atoms with Crippen molar-refractivity contribution in [3.05, 3.63) is 62.3 Å². The van der Waals surface area contributed by atoms with Crippen molar-refractivity contribution in [3.63, 3.8) is 0 Å². The normalized spacial score (nSPS) is 10.0. The number of ether oxygens (including phenoxy) is 2. The van der Waals surface area contributed by atoms with E-state index >= 15 is 0 Å². The van der Waals surface area contributed by atoms with Gasteiger partial charge in [0.05, 0.1) is 12.0 Å². The fourth-order valence-corrected chi connectivity index (χ4v) is 1.78. The molecule has 0 saturated heterocycles. The smallest absolute Gasteiger partial charge is 0.406 e. The van der Waals surface area contributed by atoms with Gasteiger partial charge in [-0.2, -0.15) is 0 Å². The number of nitro groups is 2. The van der Waals surface area contributed by atoms with Gasteiger partial charge in [-0.05, 0) is 28.1 Å². The zero-order chi connectivity index (χ0) is 16.1. The molecule has 0 amide bonds. The molecule has 2 aromatic rings. The fraction of sp³-hybridized carbons (Fsp3) is 0.154. The highest BCUT2D eigenvalue weighted by molar-refractivity contribution is 5.44. The van der Waals surface area contributed by atoms with Crippen LogP contribution in [0.1, 0.15) is 5.56 Å². The summed E-state index contributed by atoms with van der Waals surface area (Å²) >= 11 is 0. The molecular formula is C13H11N3O6. The largest absolute Gasteiger partial charge is 0.496 e. The number of aromatic nitrogens is 1. The van der Waals surface area contributed by atoms with E-state index in [1.54, 1.807) is 0 Å². The maximum Gasteiger partial charge on any atom is 0.406 e. The molecule has 114 valence electrons. The van der Waals surface area contributed by atoms with Crippen LogP contribution in [0.4, 0.5) is 11.5 Å². The monoisotopic (exact) mass is 305 g/mol. The highest BCUT2D eigenvalue weighted by Crippen LogP contribution is 2.28. The van der Waals surface area contributed by atoms with Crippen LogP contribution in [0.25, 0.3) is 0 Å². The van der Waals surface area contributed by atoms with Crippen LogP contribution in [-0.2, 0) is 6.61 Å². The number of methoxy groups -OCH3 is 1. The third-order valence-electron chi connectivity index (χ3n) is 2.78. The van der Waals surface area contributed by atoms with Crippen LogP contribution in [-0.4, -0.2) is 21.9 Å². The molecule has 0 spiro atoms. The van der Waals surface area contributed by atoms with Crippen molar-refractivity contribution < 1.29 is 19.3 Å². The summed E-state index contributed by atoms with van der Waals surface area (Å²) in [4.78, 5) is 24.0. The molecule has 2 rings (SSSR count). The number of nitrogens with zero attached hydrogens (tertiary/aromatic N) is 3. The van der Waals surface area contributed by atoms with E-state index in [-0.39, 0.29) is 18.0 Å². The predicted molar refractivity (Wildman–Crippen MR) is 74.9 cm³/mol. The molecule has 0 radical (unpaired) electrons. The van der Waals surface area contributed by atoms with Crippen molar-refractivity contribution in [2.24, 2.45) is 0 Å². The van der Waals surface area contributed by atoms with E-state index in [0.29, 0.717) is 11.3 Å². The van der Waals surface area contributed by atoms with Gasteiger partial charge in [0.2, 0.25) is 5.75 Å². The summed E-state index contributed by atoms with van der Waals surface area (Å²) in [7, 11) is 1.41. The zero-order valence-corrected chi connectivity index (χ0v) is 11.5. The maximum absolute atomic E-state index is 10.8. The van der Waals surface area contributed by atoms with Gasteiger partial charge in [0.1, 0.15) is 18.6 Å².